The molecule has 0 aliphatic rings. The van der Waals surface area contributed by atoms with Crippen molar-refractivity contribution in [3.8, 4) is 17.2 Å². The third-order valence-corrected chi connectivity index (χ3v) is 2.60. The second-order valence-electron chi connectivity index (χ2n) is 3.86. The fourth-order valence-electron chi connectivity index (χ4n) is 1.58. The van der Waals surface area contributed by atoms with Gasteiger partial charge >= 0.3 is 5.97 Å². The maximum atomic E-state index is 11.6. The highest BCUT2D eigenvalue weighted by Gasteiger charge is 2.17. The van der Waals surface area contributed by atoms with Crippen LogP contribution in [0.2, 0.25) is 0 Å². The molecule has 0 unspecified atom stereocenters. The molecule has 0 N–H and O–H groups in total. The summed E-state index contributed by atoms with van der Waals surface area (Å²) in [6, 6.07) is 3.02. The van der Waals surface area contributed by atoms with Gasteiger partial charge in [0, 0.05) is 7.11 Å². The summed E-state index contributed by atoms with van der Waals surface area (Å²) >= 11 is 0. The third kappa shape index (κ3) is 4.80. The van der Waals surface area contributed by atoms with Crippen molar-refractivity contribution < 1.29 is 33.2 Å². The van der Waals surface area contributed by atoms with Crippen molar-refractivity contribution in [3.05, 3.63) is 17.7 Å². The molecule has 0 spiro atoms. The van der Waals surface area contributed by atoms with Crippen molar-refractivity contribution in [1.29, 1.82) is 0 Å². The van der Waals surface area contributed by atoms with Crippen LogP contribution >= 0.6 is 0 Å². The number of benzene rings is 1. The Morgan fingerprint density at radius 2 is 1.71 bits per heavy atom. The zero-order valence-corrected chi connectivity index (χ0v) is 12.6. The van der Waals surface area contributed by atoms with Crippen LogP contribution in [0.4, 0.5) is 0 Å². The minimum absolute atomic E-state index is 0.00645. The zero-order chi connectivity index (χ0) is 15.7. The van der Waals surface area contributed by atoms with Gasteiger partial charge in [0.15, 0.2) is 18.3 Å². The molecule has 0 heterocycles. The number of hydrogen-bond donors (Lipinski definition) is 0. The van der Waals surface area contributed by atoms with Gasteiger partial charge in [-0.25, -0.2) is 4.79 Å². The Bertz CT molecular complexity index is 459. The maximum Gasteiger partial charge on any atom is 0.338 e. The van der Waals surface area contributed by atoms with Crippen LogP contribution in [0.15, 0.2) is 12.1 Å². The number of hydrogen-bond acceptors (Lipinski definition) is 7. The van der Waals surface area contributed by atoms with Crippen molar-refractivity contribution in [3.63, 3.8) is 0 Å². The molecule has 0 aliphatic heterocycles. The number of esters is 1. The Morgan fingerprint density at radius 1 is 1.00 bits per heavy atom. The summed E-state index contributed by atoms with van der Waals surface area (Å²) in [7, 11) is 5.83. The third-order valence-electron chi connectivity index (χ3n) is 2.60. The van der Waals surface area contributed by atoms with E-state index in [0.717, 1.165) is 0 Å². The van der Waals surface area contributed by atoms with Crippen LogP contribution in [0.25, 0.3) is 0 Å². The quantitative estimate of drug-likeness (QED) is 0.388. The van der Waals surface area contributed by atoms with Crippen LogP contribution < -0.4 is 14.2 Å². The monoisotopic (exact) mass is 300 g/mol. The molecule has 0 saturated heterocycles. The molecule has 0 radical (unpaired) electrons. The van der Waals surface area contributed by atoms with Gasteiger partial charge in [0.25, 0.3) is 0 Å². The Hall–Kier alpha value is -1.99. The van der Waals surface area contributed by atoms with Crippen LogP contribution in [0.3, 0.4) is 0 Å². The molecule has 21 heavy (non-hydrogen) atoms. The molecule has 0 aliphatic carbocycles. The van der Waals surface area contributed by atoms with E-state index in [4.69, 9.17) is 23.7 Å². The lowest BCUT2D eigenvalue weighted by Crippen LogP contribution is -2.10. The Balaban J connectivity index is 2.90. The van der Waals surface area contributed by atoms with Gasteiger partial charge in [0.1, 0.15) is 0 Å². The summed E-state index contributed by atoms with van der Waals surface area (Å²) in [5.74, 6) is 0.573. The zero-order valence-electron chi connectivity index (χ0n) is 12.6. The van der Waals surface area contributed by atoms with Crippen molar-refractivity contribution in [2.75, 3.05) is 48.4 Å². The molecule has 1 aromatic carbocycles. The van der Waals surface area contributed by atoms with Gasteiger partial charge in [-0.2, -0.15) is 0 Å². The number of carbonyl (C=O) groups is 1. The normalized spacial score (nSPS) is 10.1. The second kappa shape index (κ2) is 9.04. The summed E-state index contributed by atoms with van der Waals surface area (Å²) in [6.07, 6.45) is 0. The van der Waals surface area contributed by atoms with Gasteiger partial charge in [-0.1, -0.05) is 0 Å². The molecule has 1 aromatic rings. The number of carbonyl (C=O) groups excluding carboxylic acids is 1. The van der Waals surface area contributed by atoms with Crippen molar-refractivity contribution in [2.45, 2.75) is 0 Å². The fourth-order valence-corrected chi connectivity index (χ4v) is 1.58. The number of rotatable bonds is 9. The van der Waals surface area contributed by atoms with E-state index in [2.05, 4.69) is 4.74 Å². The molecule has 7 nitrogen and oxygen atoms in total. The van der Waals surface area contributed by atoms with E-state index in [-0.39, 0.29) is 6.79 Å². The van der Waals surface area contributed by atoms with Crippen molar-refractivity contribution in [2.24, 2.45) is 0 Å². The Labute approximate surface area is 123 Å². The summed E-state index contributed by atoms with van der Waals surface area (Å²) in [5.41, 5.74) is 0.294. The summed E-state index contributed by atoms with van der Waals surface area (Å²) < 4.78 is 30.6. The lowest BCUT2D eigenvalue weighted by Gasteiger charge is -2.15. The van der Waals surface area contributed by atoms with Crippen LogP contribution in [-0.4, -0.2) is 54.4 Å². The van der Waals surface area contributed by atoms with Crippen LogP contribution in [0.1, 0.15) is 10.4 Å². The van der Waals surface area contributed by atoms with E-state index in [1.807, 2.05) is 0 Å². The number of methoxy groups -OCH3 is 4. The van der Waals surface area contributed by atoms with Crippen molar-refractivity contribution >= 4 is 5.97 Å². The molecule has 7 heteroatoms. The average Bonchev–Trinajstić information content (AvgIpc) is 2.52. The first-order chi connectivity index (χ1) is 10.2. The van der Waals surface area contributed by atoms with E-state index in [0.29, 0.717) is 36.0 Å². The minimum Gasteiger partial charge on any atom is -0.493 e. The van der Waals surface area contributed by atoms with Crippen LogP contribution in [-0.2, 0) is 14.2 Å². The minimum atomic E-state index is -0.499. The summed E-state index contributed by atoms with van der Waals surface area (Å²) in [6.45, 7) is 0.853. The van der Waals surface area contributed by atoms with Crippen LogP contribution in [0, 0.1) is 0 Å². The molecule has 118 valence electrons. The SMILES string of the molecule is COCCOCOc1cc(C(=O)OC)cc(OC)c1OC. The molecule has 0 bridgehead atoms. The second-order valence-corrected chi connectivity index (χ2v) is 3.86. The van der Waals surface area contributed by atoms with Crippen LogP contribution in [0.5, 0.6) is 17.2 Å². The van der Waals surface area contributed by atoms with Crippen molar-refractivity contribution in [1.82, 2.24) is 0 Å². The van der Waals surface area contributed by atoms with Gasteiger partial charge in [0.2, 0.25) is 5.75 Å². The van der Waals surface area contributed by atoms with Gasteiger partial charge < -0.3 is 28.4 Å². The molecule has 1 rings (SSSR count). The lowest BCUT2D eigenvalue weighted by molar-refractivity contribution is -0.00963. The highest BCUT2D eigenvalue weighted by atomic mass is 16.7. The Morgan fingerprint density at radius 3 is 2.29 bits per heavy atom. The van der Waals surface area contributed by atoms with E-state index in [1.54, 1.807) is 7.11 Å². The maximum absolute atomic E-state index is 11.6. The Kier molecular flexibility index (Phi) is 7.34. The summed E-state index contributed by atoms with van der Waals surface area (Å²) in [5, 5.41) is 0. The summed E-state index contributed by atoms with van der Waals surface area (Å²) in [4.78, 5) is 11.6. The molecular formula is C14H20O7. The topological polar surface area (TPSA) is 72.5 Å². The van der Waals surface area contributed by atoms with E-state index in [9.17, 15) is 4.79 Å². The smallest absolute Gasteiger partial charge is 0.338 e. The largest absolute Gasteiger partial charge is 0.493 e. The molecular weight excluding hydrogens is 280 g/mol. The fraction of sp³-hybridized carbons (Fsp3) is 0.500. The predicted octanol–water partition coefficient (Wildman–Crippen LogP) is 1.49. The van der Waals surface area contributed by atoms with Gasteiger partial charge in [-0.15, -0.1) is 0 Å². The molecule has 0 amide bonds. The first-order valence-electron chi connectivity index (χ1n) is 6.21. The number of ether oxygens (including phenoxy) is 6. The average molecular weight is 300 g/mol. The lowest BCUT2D eigenvalue weighted by atomic mass is 10.2. The van der Waals surface area contributed by atoms with Gasteiger partial charge in [0.05, 0.1) is 40.1 Å². The van der Waals surface area contributed by atoms with E-state index in [1.165, 1.54) is 33.5 Å². The van der Waals surface area contributed by atoms with Gasteiger partial charge in [-0.05, 0) is 12.1 Å². The first-order valence-corrected chi connectivity index (χ1v) is 6.21. The molecule has 0 aromatic heterocycles. The highest BCUT2D eigenvalue weighted by molar-refractivity contribution is 5.91. The van der Waals surface area contributed by atoms with E-state index < -0.39 is 5.97 Å². The molecule has 0 saturated carbocycles. The molecule has 0 atom stereocenters. The highest BCUT2D eigenvalue weighted by Crippen LogP contribution is 2.38. The van der Waals surface area contributed by atoms with Gasteiger partial charge in [-0.3, -0.25) is 0 Å². The first kappa shape index (κ1) is 17.1. The van der Waals surface area contributed by atoms with E-state index >= 15 is 0 Å². The molecule has 0 fully saturated rings. The standard InChI is InChI=1S/C14H20O7/c1-16-5-6-20-9-21-12-8-10(14(15)19-4)7-11(17-2)13(12)18-3/h7-8H,5-6,9H2,1-4H3. The predicted molar refractivity (Wildman–Crippen MR) is 74.2 cm³/mol.